The minimum Gasteiger partial charge on any atom is -0.326 e. The SMILES string of the molecule is O=C(CCS(=O)(=O)c1ccccc1)Nc1ccc(Br)cc1. The highest BCUT2D eigenvalue weighted by Crippen LogP contribution is 2.15. The first-order valence-electron chi connectivity index (χ1n) is 6.30. The molecule has 2 rings (SSSR count). The van der Waals surface area contributed by atoms with E-state index in [9.17, 15) is 13.2 Å². The van der Waals surface area contributed by atoms with Gasteiger partial charge in [-0.25, -0.2) is 8.42 Å². The summed E-state index contributed by atoms with van der Waals surface area (Å²) < 4.78 is 25.0. The molecule has 0 radical (unpaired) electrons. The molecule has 0 bridgehead atoms. The number of rotatable bonds is 5. The summed E-state index contributed by atoms with van der Waals surface area (Å²) in [5, 5.41) is 2.67. The second-order valence-electron chi connectivity index (χ2n) is 4.44. The maximum absolute atomic E-state index is 12.0. The predicted octanol–water partition coefficient (Wildman–Crippen LogP) is 3.25. The Morgan fingerprint density at radius 1 is 1.00 bits per heavy atom. The third-order valence-electron chi connectivity index (χ3n) is 2.83. The number of halogens is 1. The Morgan fingerprint density at radius 2 is 1.62 bits per heavy atom. The van der Waals surface area contributed by atoms with Crippen LogP contribution in [0.5, 0.6) is 0 Å². The zero-order chi connectivity index (χ0) is 15.3. The number of carbonyl (C=O) groups excluding carboxylic acids is 1. The maximum atomic E-state index is 12.0. The molecule has 4 nitrogen and oxygen atoms in total. The van der Waals surface area contributed by atoms with E-state index < -0.39 is 9.84 Å². The Morgan fingerprint density at radius 3 is 2.24 bits per heavy atom. The summed E-state index contributed by atoms with van der Waals surface area (Å²) in [4.78, 5) is 12.0. The number of nitrogens with one attached hydrogen (secondary N) is 1. The fourth-order valence-corrected chi connectivity index (χ4v) is 3.26. The van der Waals surface area contributed by atoms with Crippen LogP contribution in [-0.4, -0.2) is 20.1 Å². The smallest absolute Gasteiger partial charge is 0.225 e. The van der Waals surface area contributed by atoms with Crippen LogP contribution in [0.2, 0.25) is 0 Å². The molecule has 6 heteroatoms. The second kappa shape index (κ2) is 6.87. The van der Waals surface area contributed by atoms with Crippen molar-refractivity contribution in [1.29, 1.82) is 0 Å². The van der Waals surface area contributed by atoms with Gasteiger partial charge in [-0.05, 0) is 36.4 Å². The van der Waals surface area contributed by atoms with Crippen LogP contribution in [-0.2, 0) is 14.6 Å². The largest absolute Gasteiger partial charge is 0.326 e. The number of hydrogen-bond donors (Lipinski definition) is 1. The van der Waals surface area contributed by atoms with Gasteiger partial charge >= 0.3 is 0 Å². The van der Waals surface area contributed by atoms with Gasteiger partial charge in [0.15, 0.2) is 9.84 Å². The average Bonchev–Trinajstić information content (AvgIpc) is 2.49. The van der Waals surface area contributed by atoms with E-state index in [1.54, 1.807) is 42.5 Å². The van der Waals surface area contributed by atoms with Crippen molar-refractivity contribution in [3.63, 3.8) is 0 Å². The summed E-state index contributed by atoms with van der Waals surface area (Å²) >= 11 is 3.30. The van der Waals surface area contributed by atoms with E-state index in [4.69, 9.17) is 0 Å². The van der Waals surface area contributed by atoms with E-state index in [2.05, 4.69) is 21.2 Å². The summed E-state index contributed by atoms with van der Waals surface area (Å²) in [6, 6.07) is 15.2. The molecule has 110 valence electrons. The lowest BCUT2D eigenvalue weighted by Crippen LogP contribution is -2.17. The van der Waals surface area contributed by atoms with Gasteiger partial charge in [0.2, 0.25) is 5.91 Å². The molecular formula is C15H14BrNO3S. The first-order chi connectivity index (χ1) is 9.97. The molecule has 0 fully saturated rings. The molecule has 2 aromatic rings. The lowest BCUT2D eigenvalue weighted by molar-refractivity contribution is -0.115. The van der Waals surface area contributed by atoms with Crippen LogP contribution in [0, 0.1) is 0 Å². The zero-order valence-electron chi connectivity index (χ0n) is 11.1. The predicted molar refractivity (Wildman–Crippen MR) is 85.9 cm³/mol. The summed E-state index contributed by atoms with van der Waals surface area (Å²) in [6.07, 6.45) is -0.0761. The fraction of sp³-hybridized carbons (Fsp3) is 0.133. The monoisotopic (exact) mass is 367 g/mol. The molecule has 0 aliphatic carbocycles. The van der Waals surface area contributed by atoms with Gasteiger partial charge in [0.05, 0.1) is 10.6 Å². The molecular weight excluding hydrogens is 354 g/mol. The van der Waals surface area contributed by atoms with Crippen LogP contribution in [0.3, 0.4) is 0 Å². The van der Waals surface area contributed by atoms with Crippen molar-refractivity contribution >= 4 is 37.4 Å². The molecule has 0 saturated carbocycles. The van der Waals surface area contributed by atoms with Crippen LogP contribution >= 0.6 is 15.9 Å². The van der Waals surface area contributed by atoms with Crippen LogP contribution in [0.25, 0.3) is 0 Å². The number of carbonyl (C=O) groups is 1. The van der Waals surface area contributed by atoms with E-state index in [0.717, 1.165) is 4.47 Å². The molecule has 0 saturated heterocycles. The third-order valence-corrected chi connectivity index (χ3v) is 5.09. The second-order valence-corrected chi connectivity index (χ2v) is 7.46. The molecule has 0 heterocycles. The van der Waals surface area contributed by atoms with Gasteiger partial charge in [0, 0.05) is 16.6 Å². The summed E-state index contributed by atoms with van der Waals surface area (Å²) in [6.45, 7) is 0. The Hall–Kier alpha value is -1.66. The molecule has 0 spiro atoms. The fourth-order valence-electron chi connectivity index (χ4n) is 1.73. The van der Waals surface area contributed by atoms with Crippen molar-refractivity contribution in [2.45, 2.75) is 11.3 Å². The van der Waals surface area contributed by atoms with Crippen LogP contribution < -0.4 is 5.32 Å². The Labute approximate surface area is 132 Å². The van der Waals surface area contributed by atoms with Crippen molar-refractivity contribution in [3.8, 4) is 0 Å². The van der Waals surface area contributed by atoms with E-state index in [1.807, 2.05) is 0 Å². The van der Waals surface area contributed by atoms with Crippen molar-refractivity contribution in [2.24, 2.45) is 0 Å². The summed E-state index contributed by atoms with van der Waals surface area (Å²) in [5.74, 6) is -0.531. The number of anilines is 1. The standard InChI is InChI=1S/C15H14BrNO3S/c16-12-6-8-13(9-7-12)17-15(18)10-11-21(19,20)14-4-2-1-3-5-14/h1-9H,10-11H2,(H,17,18). The van der Waals surface area contributed by atoms with Crippen LogP contribution in [0.15, 0.2) is 64.0 Å². The van der Waals surface area contributed by atoms with Gasteiger partial charge in [0.25, 0.3) is 0 Å². The quantitative estimate of drug-likeness (QED) is 0.881. The Kier molecular flexibility index (Phi) is 5.14. The zero-order valence-corrected chi connectivity index (χ0v) is 13.5. The highest BCUT2D eigenvalue weighted by atomic mass is 79.9. The van der Waals surface area contributed by atoms with Crippen LogP contribution in [0.4, 0.5) is 5.69 Å². The van der Waals surface area contributed by atoms with Crippen LogP contribution in [0.1, 0.15) is 6.42 Å². The number of hydrogen-bond acceptors (Lipinski definition) is 3. The summed E-state index contributed by atoms with van der Waals surface area (Å²) in [7, 11) is -3.42. The van der Waals surface area contributed by atoms with Gasteiger partial charge in [-0.1, -0.05) is 34.1 Å². The highest BCUT2D eigenvalue weighted by Gasteiger charge is 2.16. The molecule has 0 aliphatic rings. The molecule has 21 heavy (non-hydrogen) atoms. The van der Waals surface area contributed by atoms with E-state index >= 15 is 0 Å². The van der Waals surface area contributed by atoms with Gasteiger partial charge in [-0.2, -0.15) is 0 Å². The third kappa shape index (κ3) is 4.68. The number of benzene rings is 2. The molecule has 1 amide bonds. The highest BCUT2D eigenvalue weighted by molar-refractivity contribution is 9.10. The molecule has 0 aromatic heterocycles. The average molecular weight is 368 g/mol. The lowest BCUT2D eigenvalue weighted by Gasteiger charge is -2.06. The molecule has 0 unspecified atom stereocenters. The molecule has 1 N–H and O–H groups in total. The van der Waals surface area contributed by atoms with Gasteiger partial charge in [-0.15, -0.1) is 0 Å². The topological polar surface area (TPSA) is 63.2 Å². The van der Waals surface area contributed by atoms with E-state index in [-0.39, 0.29) is 23.0 Å². The lowest BCUT2D eigenvalue weighted by atomic mass is 10.3. The molecule has 0 aliphatic heterocycles. The number of sulfone groups is 1. The van der Waals surface area contributed by atoms with Crippen molar-refractivity contribution < 1.29 is 13.2 Å². The molecule has 2 aromatic carbocycles. The van der Waals surface area contributed by atoms with Crippen molar-refractivity contribution in [3.05, 3.63) is 59.1 Å². The van der Waals surface area contributed by atoms with E-state index in [1.165, 1.54) is 12.1 Å². The van der Waals surface area contributed by atoms with Gasteiger partial charge in [0.1, 0.15) is 0 Å². The van der Waals surface area contributed by atoms with Crippen molar-refractivity contribution in [2.75, 3.05) is 11.1 Å². The first-order valence-corrected chi connectivity index (χ1v) is 8.75. The first kappa shape index (κ1) is 15.7. The molecule has 0 atom stereocenters. The Balaban J connectivity index is 1.93. The Bertz CT molecular complexity index is 712. The van der Waals surface area contributed by atoms with Gasteiger partial charge < -0.3 is 5.32 Å². The summed E-state index contributed by atoms with van der Waals surface area (Å²) in [5.41, 5.74) is 0.639. The van der Waals surface area contributed by atoms with E-state index in [0.29, 0.717) is 5.69 Å². The number of amides is 1. The normalized spacial score (nSPS) is 11.1. The minimum absolute atomic E-state index is 0.0761. The van der Waals surface area contributed by atoms with Crippen molar-refractivity contribution in [1.82, 2.24) is 0 Å². The van der Waals surface area contributed by atoms with Gasteiger partial charge in [-0.3, -0.25) is 4.79 Å². The maximum Gasteiger partial charge on any atom is 0.225 e. The minimum atomic E-state index is -3.42.